The summed E-state index contributed by atoms with van der Waals surface area (Å²) < 4.78 is 30.0. The molecule has 1 aliphatic heterocycles. The van der Waals surface area contributed by atoms with Crippen LogP contribution in [-0.4, -0.2) is 75.9 Å². The highest BCUT2D eigenvalue weighted by Gasteiger charge is 2.35. The van der Waals surface area contributed by atoms with Gasteiger partial charge >= 0.3 is 0 Å². The third-order valence-corrected chi connectivity index (χ3v) is 6.76. The lowest BCUT2D eigenvalue weighted by Gasteiger charge is -2.28. The van der Waals surface area contributed by atoms with Crippen LogP contribution >= 0.6 is 0 Å². The zero-order valence-electron chi connectivity index (χ0n) is 21.8. The maximum atomic E-state index is 14.4. The van der Waals surface area contributed by atoms with Gasteiger partial charge < -0.3 is 19.7 Å². The van der Waals surface area contributed by atoms with Crippen molar-refractivity contribution in [3.63, 3.8) is 0 Å². The summed E-state index contributed by atoms with van der Waals surface area (Å²) in [5, 5.41) is 3.05. The number of carbonyl (C=O) groups is 1. The smallest absolute Gasteiger partial charge is 0.251 e. The normalized spacial score (nSPS) is 18.7. The molecule has 0 radical (unpaired) electrons. The van der Waals surface area contributed by atoms with Crippen LogP contribution in [0, 0.1) is 11.6 Å². The summed E-state index contributed by atoms with van der Waals surface area (Å²) in [5.74, 6) is 0.0165. The number of fused-ring (bicyclic) bond motifs is 1. The van der Waals surface area contributed by atoms with Crippen molar-refractivity contribution in [2.24, 2.45) is 4.99 Å². The first kappa shape index (κ1) is 26.7. The predicted molar refractivity (Wildman–Crippen MR) is 142 cm³/mol. The van der Waals surface area contributed by atoms with E-state index in [2.05, 4.69) is 40.9 Å². The molecule has 1 N–H and O–H groups in total. The van der Waals surface area contributed by atoms with Crippen LogP contribution in [0.1, 0.15) is 33.6 Å². The highest BCUT2D eigenvalue weighted by atomic mass is 19.1. The lowest BCUT2D eigenvalue weighted by Crippen LogP contribution is -2.41. The lowest BCUT2D eigenvalue weighted by atomic mass is 9.98. The van der Waals surface area contributed by atoms with Gasteiger partial charge in [0.25, 0.3) is 5.91 Å². The van der Waals surface area contributed by atoms with Gasteiger partial charge in [-0.2, -0.15) is 0 Å². The Balaban J connectivity index is 1.45. The van der Waals surface area contributed by atoms with Crippen LogP contribution in [0.15, 0.2) is 59.4 Å². The number of hydrogen-bond acceptors (Lipinski definition) is 5. The number of benzene rings is 1. The molecule has 2 aromatic rings. The molecule has 0 saturated carbocycles. The fraction of sp³-hybridized carbons (Fsp3) is 0.464. The van der Waals surface area contributed by atoms with Crippen molar-refractivity contribution < 1.29 is 13.6 Å². The molecule has 7 nitrogen and oxygen atoms in total. The largest absolute Gasteiger partial charge is 0.351 e. The van der Waals surface area contributed by atoms with E-state index in [4.69, 9.17) is 4.99 Å². The Morgan fingerprint density at radius 2 is 1.92 bits per heavy atom. The fourth-order valence-electron chi connectivity index (χ4n) is 5.05. The minimum Gasteiger partial charge on any atom is -0.351 e. The van der Waals surface area contributed by atoms with Crippen LogP contribution in [0.4, 0.5) is 8.78 Å². The van der Waals surface area contributed by atoms with E-state index < -0.39 is 11.6 Å². The summed E-state index contributed by atoms with van der Waals surface area (Å²) in [5.41, 5.74) is 0.726. The third-order valence-electron chi connectivity index (χ3n) is 6.76. The van der Waals surface area contributed by atoms with Gasteiger partial charge in [0.05, 0.1) is 24.2 Å². The van der Waals surface area contributed by atoms with Gasteiger partial charge in [0.15, 0.2) is 0 Å². The number of likely N-dealkylation sites (N-methyl/N-ethyl adjacent to an activating group) is 1. The van der Waals surface area contributed by atoms with Crippen molar-refractivity contribution >= 4 is 11.7 Å². The highest BCUT2D eigenvalue weighted by molar-refractivity contribution is 5.97. The molecule has 2 heterocycles. The van der Waals surface area contributed by atoms with Crippen LogP contribution < -0.4 is 5.32 Å². The molecule has 2 unspecified atom stereocenters. The second-order valence-electron chi connectivity index (χ2n) is 9.39. The SMILES string of the molecule is CCCN(CCC)CCNC(=O)C1=CC2N=C(Cn3ccnc3-c3cc(F)ccc3F)N(CC)C2C=C1. The number of aromatic nitrogens is 2. The van der Waals surface area contributed by atoms with Gasteiger partial charge in [0, 0.05) is 37.6 Å². The predicted octanol–water partition coefficient (Wildman–Crippen LogP) is 4.03. The van der Waals surface area contributed by atoms with Gasteiger partial charge in [0.1, 0.15) is 23.3 Å². The minimum atomic E-state index is -0.530. The van der Waals surface area contributed by atoms with E-state index in [1.54, 1.807) is 17.0 Å². The highest BCUT2D eigenvalue weighted by Crippen LogP contribution is 2.28. The average molecular weight is 511 g/mol. The molecule has 2 atom stereocenters. The van der Waals surface area contributed by atoms with Crippen molar-refractivity contribution in [1.29, 1.82) is 0 Å². The number of imidazole rings is 1. The summed E-state index contributed by atoms with van der Waals surface area (Å²) in [6, 6.07) is 3.18. The summed E-state index contributed by atoms with van der Waals surface area (Å²) in [6.07, 6.45) is 11.3. The van der Waals surface area contributed by atoms with Crippen molar-refractivity contribution in [2.75, 3.05) is 32.7 Å². The molecule has 9 heteroatoms. The second-order valence-corrected chi connectivity index (χ2v) is 9.39. The zero-order valence-corrected chi connectivity index (χ0v) is 21.8. The van der Waals surface area contributed by atoms with Crippen molar-refractivity contribution in [3.05, 3.63) is 66.0 Å². The summed E-state index contributed by atoms with van der Waals surface area (Å²) in [6.45, 7) is 11.0. The van der Waals surface area contributed by atoms with Crippen LogP contribution in [0.25, 0.3) is 11.4 Å². The molecule has 4 rings (SSSR count). The number of nitrogens with zero attached hydrogens (tertiary/aromatic N) is 5. The Morgan fingerprint density at radius 3 is 2.65 bits per heavy atom. The number of carbonyl (C=O) groups excluding carboxylic acids is 1. The Bertz CT molecular complexity index is 1180. The lowest BCUT2D eigenvalue weighted by molar-refractivity contribution is -0.117. The van der Waals surface area contributed by atoms with Gasteiger partial charge in [-0.05, 0) is 57.1 Å². The molecule has 0 bridgehead atoms. The molecule has 0 fully saturated rings. The number of rotatable bonds is 12. The number of nitrogens with one attached hydrogen (secondary N) is 1. The van der Waals surface area contributed by atoms with Crippen LogP contribution in [-0.2, 0) is 11.3 Å². The summed E-state index contributed by atoms with van der Waals surface area (Å²) in [4.78, 5) is 26.6. The van der Waals surface area contributed by atoms with Gasteiger partial charge in [-0.1, -0.05) is 26.0 Å². The first-order chi connectivity index (χ1) is 17.9. The maximum Gasteiger partial charge on any atom is 0.251 e. The molecule has 2 aliphatic rings. The van der Waals surface area contributed by atoms with E-state index in [9.17, 15) is 13.6 Å². The molecule has 37 heavy (non-hydrogen) atoms. The van der Waals surface area contributed by atoms with E-state index in [1.807, 2.05) is 18.2 Å². The summed E-state index contributed by atoms with van der Waals surface area (Å²) >= 11 is 0. The quantitative estimate of drug-likeness (QED) is 0.468. The van der Waals surface area contributed by atoms with E-state index in [0.29, 0.717) is 24.5 Å². The molecule has 1 amide bonds. The van der Waals surface area contributed by atoms with Crippen molar-refractivity contribution in [3.8, 4) is 11.4 Å². The fourth-order valence-corrected chi connectivity index (χ4v) is 5.05. The maximum absolute atomic E-state index is 14.4. The Hall–Kier alpha value is -3.33. The Labute approximate surface area is 217 Å². The number of aliphatic imine (C=N–C) groups is 1. The van der Waals surface area contributed by atoms with Crippen molar-refractivity contribution in [2.45, 2.75) is 52.2 Å². The van der Waals surface area contributed by atoms with Crippen LogP contribution in [0.2, 0.25) is 0 Å². The average Bonchev–Trinajstić information content (AvgIpc) is 3.49. The molecule has 198 valence electrons. The molecule has 0 saturated heterocycles. The van der Waals surface area contributed by atoms with E-state index in [1.165, 1.54) is 0 Å². The van der Waals surface area contributed by atoms with Gasteiger partial charge in [-0.25, -0.2) is 13.8 Å². The molecule has 1 aromatic carbocycles. The molecule has 1 aromatic heterocycles. The number of amides is 1. The van der Waals surface area contributed by atoms with E-state index >= 15 is 0 Å². The zero-order chi connectivity index (χ0) is 26.4. The summed E-state index contributed by atoms with van der Waals surface area (Å²) in [7, 11) is 0. The van der Waals surface area contributed by atoms with E-state index in [-0.39, 0.29) is 23.6 Å². The number of halogens is 2. The van der Waals surface area contributed by atoms with Crippen molar-refractivity contribution in [1.82, 2.24) is 24.7 Å². The van der Waals surface area contributed by atoms with Gasteiger partial charge in [-0.3, -0.25) is 9.79 Å². The van der Waals surface area contributed by atoms with Gasteiger partial charge in [0.2, 0.25) is 0 Å². The minimum absolute atomic E-state index is 0.0130. The molecule has 1 aliphatic carbocycles. The second kappa shape index (κ2) is 12.3. The number of amidine groups is 1. The van der Waals surface area contributed by atoms with Gasteiger partial charge in [-0.15, -0.1) is 0 Å². The Morgan fingerprint density at radius 1 is 1.14 bits per heavy atom. The first-order valence-electron chi connectivity index (χ1n) is 13.2. The molecule has 0 spiro atoms. The number of hydrogen-bond donors (Lipinski definition) is 1. The van der Waals surface area contributed by atoms with Crippen LogP contribution in [0.5, 0.6) is 0 Å². The standard InChI is InChI=1S/C28H36F2N6O/c1-4-13-34(14-5-2)15-11-32-28(37)20-7-10-25-24(17-20)33-26(36(25)6-3)19-35-16-12-31-27(35)22-18-21(29)8-9-23(22)30/h7-10,12,16-18,24-25H,4-6,11,13-15,19H2,1-3H3,(H,32,37). The molecular formula is C28H36F2N6O. The molecular weight excluding hydrogens is 474 g/mol. The Kier molecular flexibility index (Phi) is 8.87. The van der Waals surface area contributed by atoms with E-state index in [0.717, 1.165) is 63.1 Å². The third kappa shape index (κ3) is 6.15. The topological polar surface area (TPSA) is 65.8 Å². The monoisotopic (exact) mass is 510 g/mol. The van der Waals surface area contributed by atoms with Crippen LogP contribution in [0.3, 0.4) is 0 Å². The first-order valence-corrected chi connectivity index (χ1v) is 13.2.